The van der Waals surface area contributed by atoms with Crippen LogP contribution in [-0.4, -0.2) is 33.2 Å². The molecule has 5 nitrogen and oxygen atoms in total. The number of aliphatic hydroxyl groups is 1. The van der Waals surface area contributed by atoms with Crippen molar-refractivity contribution in [2.24, 2.45) is 0 Å². The molecule has 0 aliphatic heterocycles. The highest BCUT2D eigenvalue weighted by atomic mass is 16.3. The maximum atomic E-state index is 12.4. The Morgan fingerprint density at radius 2 is 1.88 bits per heavy atom. The topological polar surface area (TPSA) is 67.2 Å². The van der Waals surface area contributed by atoms with Crippen molar-refractivity contribution >= 4 is 5.91 Å². The second-order valence-electron chi connectivity index (χ2n) is 6.37. The SMILES string of the molecule is CC(c1ccccc1)C(CO)NC(=O)Cc1ccc(-n2ccnc2)cc1. The van der Waals surface area contributed by atoms with E-state index in [0.717, 1.165) is 16.8 Å². The average molecular weight is 349 g/mol. The molecule has 3 aromatic rings. The van der Waals surface area contributed by atoms with Crippen LogP contribution < -0.4 is 5.32 Å². The molecular formula is C21H23N3O2. The first-order chi connectivity index (χ1) is 12.7. The summed E-state index contributed by atoms with van der Waals surface area (Å²) < 4.78 is 1.91. The van der Waals surface area contributed by atoms with E-state index in [4.69, 9.17) is 0 Å². The summed E-state index contributed by atoms with van der Waals surface area (Å²) in [5.41, 5.74) is 3.02. The van der Waals surface area contributed by atoms with Crippen molar-refractivity contribution in [2.45, 2.75) is 25.3 Å². The molecule has 5 heteroatoms. The van der Waals surface area contributed by atoms with E-state index in [1.807, 2.05) is 72.3 Å². The number of hydrogen-bond donors (Lipinski definition) is 2. The van der Waals surface area contributed by atoms with Gasteiger partial charge in [-0.15, -0.1) is 0 Å². The summed E-state index contributed by atoms with van der Waals surface area (Å²) in [6, 6.07) is 17.4. The number of amides is 1. The van der Waals surface area contributed by atoms with Crippen molar-refractivity contribution in [3.8, 4) is 5.69 Å². The lowest BCUT2D eigenvalue weighted by Crippen LogP contribution is -2.41. The van der Waals surface area contributed by atoms with Gasteiger partial charge in [-0.2, -0.15) is 0 Å². The Bertz CT molecular complexity index is 814. The van der Waals surface area contributed by atoms with E-state index in [1.54, 1.807) is 12.5 Å². The summed E-state index contributed by atoms with van der Waals surface area (Å²) >= 11 is 0. The molecule has 1 heterocycles. The van der Waals surface area contributed by atoms with Crippen LogP contribution in [0.2, 0.25) is 0 Å². The number of aliphatic hydroxyl groups excluding tert-OH is 1. The highest BCUT2D eigenvalue weighted by Crippen LogP contribution is 2.19. The lowest BCUT2D eigenvalue weighted by atomic mass is 9.93. The fourth-order valence-electron chi connectivity index (χ4n) is 2.96. The minimum atomic E-state index is -0.310. The number of imidazole rings is 1. The van der Waals surface area contributed by atoms with Crippen LogP contribution in [0.25, 0.3) is 5.69 Å². The van der Waals surface area contributed by atoms with Crippen LogP contribution in [0.3, 0.4) is 0 Å². The summed E-state index contributed by atoms with van der Waals surface area (Å²) in [7, 11) is 0. The van der Waals surface area contributed by atoms with E-state index < -0.39 is 0 Å². The fraction of sp³-hybridized carbons (Fsp3) is 0.238. The van der Waals surface area contributed by atoms with E-state index in [2.05, 4.69) is 10.3 Å². The summed E-state index contributed by atoms with van der Waals surface area (Å²) in [6.45, 7) is 1.91. The monoisotopic (exact) mass is 349 g/mol. The third kappa shape index (κ3) is 4.37. The third-order valence-electron chi connectivity index (χ3n) is 4.58. The molecule has 134 valence electrons. The molecule has 3 rings (SSSR count). The molecule has 2 unspecified atom stereocenters. The molecule has 26 heavy (non-hydrogen) atoms. The van der Waals surface area contributed by atoms with Gasteiger partial charge in [0.05, 0.1) is 25.4 Å². The van der Waals surface area contributed by atoms with Gasteiger partial charge in [0.15, 0.2) is 0 Å². The second-order valence-corrected chi connectivity index (χ2v) is 6.37. The Labute approximate surface area is 153 Å². The minimum absolute atomic E-state index is 0.0359. The lowest BCUT2D eigenvalue weighted by Gasteiger charge is -2.23. The molecular weight excluding hydrogens is 326 g/mol. The van der Waals surface area contributed by atoms with Crippen LogP contribution in [0.1, 0.15) is 24.0 Å². The maximum Gasteiger partial charge on any atom is 0.224 e. The van der Waals surface area contributed by atoms with Gasteiger partial charge in [-0.1, -0.05) is 49.4 Å². The molecule has 0 aliphatic rings. The average Bonchev–Trinajstić information content (AvgIpc) is 3.21. The van der Waals surface area contributed by atoms with Gasteiger partial charge in [0.1, 0.15) is 0 Å². The number of carbonyl (C=O) groups is 1. The van der Waals surface area contributed by atoms with E-state index in [-0.39, 0.29) is 30.9 Å². The first kappa shape index (κ1) is 17.9. The van der Waals surface area contributed by atoms with Crippen LogP contribution in [0.5, 0.6) is 0 Å². The summed E-state index contributed by atoms with van der Waals surface area (Å²) in [4.78, 5) is 16.4. The van der Waals surface area contributed by atoms with Crippen molar-refractivity contribution in [1.29, 1.82) is 0 Å². The molecule has 0 spiro atoms. The molecule has 2 aromatic carbocycles. The van der Waals surface area contributed by atoms with Crippen LogP contribution in [0.15, 0.2) is 73.3 Å². The standard InChI is InChI=1S/C21H23N3O2/c1-16(18-5-3-2-4-6-18)20(14-25)23-21(26)13-17-7-9-19(10-8-17)24-12-11-22-15-24/h2-12,15-16,20,25H,13-14H2,1H3,(H,23,26). The summed E-state index contributed by atoms with van der Waals surface area (Å²) in [5.74, 6) is -0.0593. The number of nitrogens with zero attached hydrogens (tertiary/aromatic N) is 2. The van der Waals surface area contributed by atoms with Gasteiger partial charge in [-0.3, -0.25) is 4.79 Å². The molecule has 0 radical (unpaired) electrons. The fourth-order valence-corrected chi connectivity index (χ4v) is 2.96. The van der Waals surface area contributed by atoms with Gasteiger partial charge < -0.3 is 15.0 Å². The largest absolute Gasteiger partial charge is 0.394 e. The number of aromatic nitrogens is 2. The van der Waals surface area contributed by atoms with Crippen LogP contribution in [-0.2, 0) is 11.2 Å². The van der Waals surface area contributed by atoms with Gasteiger partial charge in [0.25, 0.3) is 0 Å². The van der Waals surface area contributed by atoms with E-state index in [1.165, 1.54) is 0 Å². The molecule has 0 saturated carbocycles. The second kappa shape index (κ2) is 8.45. The van der Waals surface area contributed by atoms with E-state index in [0.29, 0.717) is 0 Å². The predicted molar refractivity (Wildman–Crippen MR) is 101 cm³/mol. The molecule has 2 N–H and O–H groups in total. The zero-order valence-corrected chi connectivity index (χ0v) is 14.7. The Kier molecular flexibility index (Phi) is 5.81. The van der Waals surface area contributed by atoms with Gasteiger partial charge in [0.2, 0.25) is 5.91 Å². The zero-order valence-electron chi connectivity index (χ0n) is 14.7. The van der Waals surface area contributed by atoms with Crippen LogP contribution >= 0.6 is 0 Å². The normalized spacial score (nSPS) is 13.2. The number of rotatable bonds is 7. The van der Waals surface area contributed by atoms with Crippen molar-refractivity contribution in [3.05, 3.63) is 84.4 Å². The first-order valence-corrected chi connectivity index (χ1v) is 8.70. The Hall–Kier alpha value is -2.92. The van der Waals surface area contributed by atoms with Gasteiger partial charge in [0, 0.05) is 24.0 Å². The smallest absolute Gasteiger partial charge is 0.224 e. The van der Waals surface area contributed by atoms with Crippen molar-refractivity contribution in [3.63, 3.8) is 0 Å². The van der Waals surface area contributed by atoms with Gasteiger partial charge >= 0.3 is 0 Å². The number of hydrogen-bond acceptors (Lipinski definition) is 3. The van der Waals surface area contributed by atoms with E-state index in [9.17, 15) is 9.90 Å². The maximum absolute atomic E-state index is 12.4. The van der Waals surface area contributed by atoms with E-state index >= 15 is 0 Å². The highest BCUT2D eigenvalue weighted by molar-refractivity contribution is 5.79. The van der Waals surface area contributed by atoms with Crippen molar-refractivity contribution in [2.75, 3.05) is 6.61 Å². The molecule has 1 amide bonds. The first-order valence-electron chi connectivity index (χ1n) is 8.70. The van der Waals surface area contributed by atoms with Crippen molar-refractivity contribution < 1.29 is 9.90 Å². The van der Waals surface area contributed by atoms with Gasteiger partial charge in [-0.25, -0.2) is 4.98 Å². The third-order valence-corrected chi connectivity index (χ3v) is 4.58. The molecule has 1 aromatic heterocycles. The number of carbonyl (C=O) groups excluding carboxylic acids is 1. The zero-order chi connectivity index (χ0) is 18.4. The van der Waals surface area contributed by atoms with Crippen molar-refractivity contribution in [1.82, 2.24) is 14.9 Å². The highest BCUT2D eigenvalue weighted by Gasteiger charge is 2.20. The quantitative estimate of drug-likeness (QED) is 0.689. The molecule has 0 fully saturated rings. The molecule has 0 aliphatic carbocycles. The summed E-state index contributed by atoms with van der Waals surface area (Å²) in [5, 5.41) is 12.6. The van der Waals surface area contributed by atoms with Crippen LogP contribution in [0, 0.1) is 0 Å². The van der Waals surface area contributed by atoms with Crippen LogP contribution in [0.4, 0.5) is 0 Å². The minimum Gasteiger partial charge on any atom is -0.394 e. The molecule has 0 bridgehead atoms. The Morgan fingerprint density at radius 3 is 2.50 bits per heavy atom. The summed E-state index contributed by atoms with van der Waals surface area (Å²) in [6.07, 6.45) is 5.61. The predicted octanol–water partition coefficient (Wildman–Crippen LogP) is 2.70. The Balaban J connectivity index is 1.60. The molecule has 2 atom stereocenters. The number of nitrogens with one attached hydrogen (secondary N) is 1. The molecule has 0 saturated heterocycles. The lowest BCUT2D eigenvalue weighted by molar-refractivity contribution is -0.121. The number of benzene rings is 2. The van der Waals surface area contributed by atoms with Gasteiger partial charge in [-0.05, 0) is 23.3 Å². The Morgan fingerprint density at radius 1 is 1.15 bits per heavy atom.